The van der Waals surface area contributed by atoms with E-state index in [-0.39, 0.29) is 6.61 Å². The molecule has 0 aliphatic heterocycles. The molecule has 0 atom stereocenters. The predicted octanol–water partition coefficient (Wildman–Crippen LogP) is 2.23. The van der Waals surface area contributed by atoms with E-state index in [0.29, 0.717) is 0 Å². The smallest absolute Gasteiger partial charge is 0.129 e. The summed E-state index contributed by atoms with van der Waals surface area (Å²) in [7, 11) is 1.99. The SMILES string of the molecule is CCc1cc(CO)cc(N(C)Cc2cscn2)n1. The standard InChI is InChI=1S/C13H17N3OS/c1-3-11-4-10(7-17)5-13(15-11)16(2)6-12-8-18-9-14-12/h4-5,8-9,17H,3,6-7H2,1-2H3. The Morgan fingerprint density at radius 3 is 2.78 bits per heavy atom. The van der Waals surface area contributed by atoms with Gasteiger partial charge < -0.3 is 10.0 Å². The molecule has 4 nitrogen and oxygen atoms in total. The van der Waals surface area contributed by atoms with Gasteiger partial charge in [0, 0.05) is 18.1 Å². The normalized spacial score (nSPS) is 10.6. The summed E-state index contributed by atoms with van der Waals surface area (Å²) in [5, 5.41) is 11.3. The molecule has 2 rings (SSSR count). The maximum absolute atomic E-state index is 9.26. The maximum Gasteiger partial charge on any atom is 0.129 e. The Bertz CT molecular complexity index is 477. The van der Waals surface area contributed by atoms with Crippen molar-refractivity contribution in [2.45, 2.75) is 26.5 Å². The number of nitrogens with zero attached hydrogens (tertiary/aromatic N) is 3. The van der Waals surface area contributed by atoms with E-state index in [1.165, 1.54) is 0 Å². The van der Waals surface area contributed by atoms with Gasteiger partial charge in [0.15, 0.2) is 0 Å². The zero-order valence-electron chi connectivity index (χ0n) is 10.6. The zero-order chi connectivity index (χ0) is 13.0. The Kier molecular flexibility index (Phi) is 4.28. The first-order valence-corrected chi connectivity index (χ1v) is 6.86. The summed E-state index contributed by atoms with van der Waals surface area (Å²) in [6.07, 6.45) is 0.866. The number of rotatable bonds is 5. The third kappa shape index (κ3) is 3.05. The molecule has 0 aliphatic carbocycles. The van der Waals surface area contributed by atoms with Gasteiger partial charge in [-0.1, -0.05) is 6.92 Å². The second-order valence-electron chi connectivity index (χ2n) is 4.17. The van der Waals surface area contributed by atoms with Gasteiger partial charge in [-0.25, -0.2) is 9.97 Å². The number of hydrogen-bond donors (Lipinski definition) is 1. The molecule has 2 aromatic rings. The lowest BCUT2D eigenvalue weighted by atomic mass is 10.2. The van der Waals surface area contributed by atoms with Crippen LogP contribution in [0.1, 0.15) is 23.9 Å². The van der Waals surface area contributed by atoms with Crippen molar-refractivity contribution in [1.82, 2.24) is 9.97 Å². The summed E-state index contributed by atoms with van der Waals surface area (Å²) in [5.74, 6) is 0.881. The Morgan fingerprint density at radius 1 is 1.33 bits per heavy atom. The third-order valence-corrected chi connectivity index (χ3v) is 3.38. The van der Waals surface area contributed by atoms with E-state index >= 15 is 0 Å². The van der Waals surface area contributed by atoms with Crippen LogP contribution in [0, 0.1) is 0 Å². The van der Waals surface area contributed by atoms with Gasteiger partial charge in [-0.3, -0.25) is 0 Å². The number of aliphatic hydroxyl groups excluding tert-OH is 1. The van der Waals surface area contributed by atoms with Crippen LogP contribution in [-0.4, -0.2) is 22.1 Å². The van der Waals surface area contributed by atoms with Gasteiger partial charge in [-0.2, -0.15) is 0 Å². The van der Waals surface area contributed by atoms with Gasteiger partial charge in [0.25, 0.3) is 0 Å². The molecule has 0 spiro atoms. The van der Waals surface area contributed by atoms with Crippen molar-refractivity contribution >= 4 is 17.2 Å². The first-order chi connectivity index (χ1) is 8.72. The summed E-state index contributed by atoms with van der Waals surface area (Å²) in [6.45, 7) is 2.84. The molecule has 1 N–H and O–H groups in total. The summed E-state index contributed by atoms with van der Waals surface area (Å²) in [6, 6.07) is 3.87. The Hall–Kier alpha value is -1.46. The number of thiazole rings is 1. The first kappa shape index (κ1) is 13.0. The average molecular weight is 263 g/mol. The number of anilines is 1. The van der Waals surface area contributed by atoms with E-state index in [2.05, 4.69) is 16.9 Å². The van der Waals surface area contributed by atoms with Crippen molar-refractivity contribution in [1.29, 1.82) is 0 Å². The Labute approximate surface area is 111 Å². The predicted molar refractivity (Wildman–Crippen MR) is 73.8 cm³/mol. The van der Waals surface area contributed by atoms with Crippen molar-refractivity contribution in [3.05, 3.63) is 40.0 Å². The summed E-state index contributed by atoms with van der Waals surface area (Å²) < 4.78 is 0. The lowest BCUT2D eigenvalue weighted by Crippen LogP contribution is -2.18. The van der Waals surface area contributed by atoms with Crippen molar-refractivity contribution in [3.63, 3.8) is 0 Å². The van der Waals surface area contributed by atoms with Crippen LogP contribution in [0.2, 0.25) is 0 Å². The minimum absolute atomic E-state index is 0.0487. The Morgan fingerprint density at radius 2 is 2.17 bits per heavy atom. The number of pyridine rings is 1. The molecule has 2 aromatic heterocycles. The number of hydrogen-bond acceptors (Lipinski definition) is 5. The van der Waals surface area contributed by atoms with E-state index in [1.807, 2.05) is 35.0 Å². The fourth-order valence-electron chi connectivity index (χ4n) is 1.74. The van der Waals surface area contributed by atoms with E-state index in [4.69, 9.17) is 0 Å². The number of aromatic nitrogens is 2. The Balaban J connectivity index is 2.20. The highest BCUT2D eigenvalue weighted by molar-refractivity contribution is 7.07. The van der Waals surface area contributed by atoms with Crippen molar-refractivity contribution in [3.8, 4) is 0 Å². The molecule has 0 fully saturated rings. The highest BCUT2D eigenvalue weighted by atomic mass is 32.1. The van der Waals surface area contributed by atoms with Crippen molar-refractivity contribution in [2.24, 2.45) is 0 Å². The third-order valence-electron chi connectivity index (χ3n) is 2.74. The largest absolute Gasteiger partial charge is 0.392 e. The monoisotopic (exact) mass is 263 g/mol. The molecular formula is C13H17N3OS. The highest BCUT2D eigenvalue weighted by Gasteiger charge is 2.07. The van der Waals surface area contributed by atoms with E-state index in [1.54, 1.807) is 11.3 Å². The molecule has 0 aromatic carbocycles. The molecule has 5 heteroatoms. The first-order valence-electron chi connectivity index (χ1n) is 5.91. The fourth-order valence-corrected chi connectivity index (χ4v) is 2.29. The quantitative estimate of drug-likeness (QED) is 0.898. The molecule has 0 bridgehead atoms. The zero-order valence-corrected chi connectivity index (χ0v) is 11.4. The minimum Gasteiger partial charge on any atom is -0.392 e. The highest BCUT2D eigenvalue weighted by Crippen LogP contribution is 2.17. The number of aryl methyl sites for hydroxylation is 1. The molecule has 0 aliphatic rings. The van der Waals surface area contributed by atoms with Crippen molar-refractivity contribution in [2.75, 3.05) is 11.9 Å². The molecule has 2 heterocycles. The summed E-state index contributed by atoms with van der Waals surface area (Å²) in [4.78, 5) is 10.9. The molecule has 0 radical (unpaired) electrons. The van der Waals surface area contributed by atoms with Crippen LogP contribution in [0.25, 0.3) is 0 Å². The van der Waals surface area contributed by atoms with Gasteiger partial charge in [-0.15, -0.1) is 11.3 Å². The van der Waals surface area contributed by atoms with Crippen molar-refractivity contribution < 1.29 is 5.11 Å². The van der Waals surface area contributed by atoms with Crippen LogP contribution < -0.4 is 4.90 Å². The molecule has 96 valence electrons. The van der Waals surface area contributed by atoms with Crippen LogP contribution in [-0.2, 0) is 19.6 Å². The second-order valence-corrected chi connectivity index (χ2v) is 4.89. The minimum atomic E-state index is 0.0487. The van der Waals surface area contributed by atoms with Crippen LogP contribution >= 0.6 is 11.3 Å². The van der Waals surface area contributed by atoms with E-state index < -0.39 is 0 Å². The molecule has 0 unspecified atom stereocenters. The molecule has 0 saturated carbocycles. The van der Waals surface area contributed by atoms with Gasteiger partial charge in [0.2, 0.25) is 0 Å². The lowest BCUT2D eigenvalue weighted by Gasteiger charge is -2.18. The van der Waals surface area contributed by atoms with Crippen LogP contribution in [0.4, 0.5) is 5.82 Å². The van der Waals surface area contributed by atoms with Gasteiger partial charge >= 0.3 is 0 Å². The second kappa shape index (κ2) is 5.93. The fraction of sp³-hybridized carbons (Fsp3) is 0.385. The molecule has 0 saturated heterocycles. The topological polar surface area (TPSA) is 49.2 Å². The average Bonchev–Trinajstić information content (AvgIpc) is 2.90. The molecule has 18 heavy (non-hydrogen) atoms. The van der Waals surface area contributed by atoms with Crippen LogP contribution in [0.5, 0.6) is 0 Å². The van der Waals surface area contributed by atoms with Gasteiger partial charge in [0.1, 0.15) is 5.82 Å². The maximum atomic E-state index is 9.26. The van der Waals surface area contributed by atoms with Gasteiger partial charge in [0.05, 0.1) is 24.4 Å². The molecular weight excluding hydrogens is 246 g/mol. The molecule has 0 amide bonds. The van der Waals surface area contributed by atoms with Gasteiger partial charge in [-0.05, 0) is 24.1 Å². The van der Waals surface area contributed by atoms with E-state index in [0.717, 1.165) is 35.7 Å². The van der Waals surface area contributed by atoms with Crippen LogP contribution in [0.15, 0.2) is 23.0 Å². The van der Waals surface area contributed by atoms with E-state index in [9.17, 15) is 5.11 Å². The number of aliphatic hydroxyl groups is 1. The lowest BCUT2D eigenvalue weighted by molar-refractivity contribution is 0.281. The van der Waals surface area contributed by atoms with Crippen LogP contribution in [0.3, 0.4) is 0 Å². The summed E-state index contributed by atoms with van der Waals surface area (Å²) >= 11 is 1.59. The summed E-state index contributed by atoms with van der Waals surface area (Å²) in [5.41, 5.74) is 4.78.